The Labute approximate surface area is 302 Å². The van der Waals surface area contributed by atoms with E-state index in [4.69, 9.17) is 26.4 Å². The van der Waals surface area contributed by atoms with Gasteiger partial charge in [0.1, 0.15) is 35.1 Å². The number of carbonyl (C=O) groups is 4. The smallest absolute Gasteiger partial charge is 0.410 e. The van der Waals surface area contributed by atoms with Crippen LogP contribution in [0, 0.1) is 6.92 Å². The first-order chi connectivity index (χ1) is 23.4. The highest BCUT2D eigenvalue weighted by molar-refractivity contribution is 7.80. The third-order valence-corrected chi connectivity index (χ3v) is 8.04. The fourth-order valence-electron chi connectivity index (χ4n) is 5.44. The molecule has 274 valence electrons. The van der Waals surface area contributed by atoms with E-state index in [0.717, 1.165) is 29.5 Å². The van der Waals surface area contributed by atoms with Gasteiger partial charge in [0, 0.05) is 26.4 Å². The molecule has 1 aliphatic heterocycles. The third-order valence-electron chi connectivity index (χ3n) is 7.79. The van der Waals surface area contributed by atoms with Crippen molar-refractivity contribution in [1.29, 1.82) is 0 Å². The third kappa shape index (κ3) is 14.3. The van der Waals surface area contributed by atoms with Crippen LogP contribution in [0.1, 0.15) is 90.8 Å². The van der Waals surface area contributed by atoms with E-state index in [0.29, 0.717) is 31.7 Å². The number of carbonyl (C=O) groups excluding carboxylic acids is 4. The summed E-state index contributed by atoms with van der Waals surface area (Å²) < 4.78 is 17.6. The Morgan fingerprint density at radius 1 is 0.920 bits per heavy atom. The van der Waals surface area contributed by atoms with Gasteiger partial charge in [-0.2, -0.15) is 0 Å². The molecule has 4 amide bonds. The number of rotatable bonds is 13. The van der Waals surface area contributed by atoms with Gasteiger partial charge in [0.2, 0.25) is 17.7 Å². The predicted octanol–water partition coefficient (Wildman–Crippen LogP) is 5.54. The molecule has 11 nitrogen and oxygen atoms in total. The second kappa shape index (κ2) is 18.2. The molecule has 0 saturated carbocycles. The van der Waals surface area contributed by atoms with Crippen LogP contribution in [0.2, 0.25) is 0 Å². The number of hydrogen-bond donors (Lipinski definition) is 3. The molecular weight excluding hydrogens is 657 g/mol. The SMILES string of the molecule is CC(=O)N[C@@H](CC(=S)OC(C)(C)C)C(=O)NC(CCc1ccccc1)C(=O)NCc1cc(OC2CCCN(C(=O)OC(C)(C)C)C2)ccc1C. The Bertz CT molecular complexity index is 1490. The van der Waals surface area contributed by atoms with Crippen molar-refractivity contribution in [2.45, 2.75) is 123 Å². The van der Waals surface area contributed by atoms with Gasteiger partial charge in [0.15, 0.2) is 5.05 Å². The summed E-state index contributed by atoms with van der Waals surface area (Å²) in [4.78, 5) is 53.6. The molecule has 1 aliphatic rings. The highest BCUT2D eigenvalue weighted by atomic mass is 32.1. The first-order valence-corrected chi connectivity index (χ1v) is 17.6. The molecule has 0 radical (unpaired) electrons. The average Bonchev–Trinajstić information content (AvgIpc) is 3.01. The van der Waals surface area contributed by atoms with Gasteiger partial charge in [0.25, 0.3) is 0 Å². The molecule has 2 aromatic carbocycles. The van der Waals surface area contributed by atoms with Crippen molar-refractivity contribution in [3.05, 3.63) is 65.2 Å². The first-order valence-electron chi connectivity index (χ1n) is 17.2. The molecule has 2 aromatic rings. The number of nitrogens with zero attached hydrogens (tertiary/aromatic N) is 1. The van der Waals surface area contributed by atoms with Gasteiger partial charge >= 0.3 is 6.09 Å². The summed E-state index contributed by atoms with van der Waals surface area (Å²) in [5.41, 5.74) is 1.69. The zero-order valence-electron chi connectivity index (χ0n) is 30.7. The molecule has 3 N–H and O–H groups in total. The molecule has 1 fully saturated rings. The highest BCUT2D eigenvalue weighted by Crippen LogP contribution is 2.23. The number of amides is 4. The second-order valence-corrected chi connectivity index (χ2v) is 15.2. The molecule has 2 unspecified atom stereocenters. The Hall–Kier alpha value is -4.19. The monoisotopic (exact) mass is 710 g/mol. The number of ether oxygens (including phenoxy) is 3. The molecule has 3 atom stereocenters. The van der Waals surface area contributed by atoms with Gasteiger partial charge in [-0.15, -0.1) is 0 Å². The average molecular weight is 711 g/mol. The van der Waals surface area contributed by atoms with Crippen molar-refractivity contribution in [2.24, 2.45) is 0 Å². The molecule has 1 heterocycles. The molecule has 3 rings (SSSR count). The summed E-state index contributed by atoms with van der Waals surface area (Å²) >= 11 is 5.37. The van der Waals surface area contributed by atoms with E-state index in [1.54, 1.807) is 4.90 Å². The van der Waals surface area contributed by atoms with Crippen LogP contribution in [0.15, 0.2) is 48.5 Å². The van der Waals surface area contributed by atoms with E-state index in [2.05, 4.69) is 16.0 Å². The van der Waals surface area contributed by atoms with Crippen molar-refractivity contribution >= 4 is 41.1 Å². The second-order valence-electron chi connectivity index (χ2n) is 14.7. The normalized spacial score (nSPS) is 16.0. The van der Waals surface area contributed by atoms with E-state index in [1.807, 2.05) is 97.0 Å². The van der Waals surface area contributed by atoms with Crippen molar-refractivity contribution in [2.75, 3.05) is 13.1 Å². The summed E-state index contributed by atoms with van der Waals surface area (Å²) in [5.74, 6) is -0.670. The lowest BCUT2D eigenvalue weighted by Crippen LogP contribution is -2.54. The molecule has 0 spiro atoms. The standard InChI is InChI=1S/C38H54N4O7S/c1-25-16-18-29(47-30-15-12-20-42(24-30)36(46)49-38(6,7)8)21-28(25)23-39-34(44)31(19-17-27-13-10-9-11-14-27)41-35(45)32(40-26(2)43)22-33(50)48-37(3,4)5/h9-11,13-14,16,18,21,30-32H,12,15,17,19-20,22-24H2,1-8H3,(H,39,44)(H,40,43)(H,41,45)/t30?,31?,32-/m0/s1. The molecule has 0 aliphatic carbocycles. The van der Waals surface area contributed by atoms with Crippen LogP contribution >= 0.6 is 12.2 Å². The number of thiocarbonyl (C=S) groups is 1. The zero-order valence-corrected chi connectivity index (χ0v) is 31.5. The maximum atomic E-state index is 13.7. The van der Waals surface area contributed by atoms with Crippen molar-refractivity contribution in [1.82, 2.24) is 20.9 Å². The maximum absolute atomic E-state index is 13.7. The van der Waals surface area contributed by atoms with Crippen LogP contribution in [0.5, 0.6) is 5.75 Å². The maximum Gasteiger partial charge on any atom is 0.410 e. The lowest BCUT2D eigenvalue weighted by molar-refractivity contribution is -0.131. The van der Waals surface area contributed by atoms with Crippen LogP contribution in [0.4, 0.5) is 4.79 Å². The minimum atomic E-state index is -1.02. The fraction of sp³-hybridized carbons (Fsp3) is 0.553. The minimum absolute atomic E-state index is 0.0203. The van der Waals surface area contributed by atoms with Crippen LogP contribution in [0.25, 0.3) is 0 Å². The van der Waals surface area contributed by atoms with Crippen LogP contribution < -0.4 is 20.7 Å². The quantitative estimate of drug-likeness (QED) is 0.231. The van der Waals surface area contributed by atoms with Crippen molar-refractivity contribution in [3.8, 4) is 5.75 Å². The van der Waals surface area contributed by atoms with E-state index in [-0.39, 0.29) is 36.1 Å². The van der Waals surface area contributed by atoms with Gasteiger partial charge in [-0.3, -0.25) is 14.4 Å². The topological polar surface area (TPSA) is 135 Å². The summed E-state index contributed by atoms with van der Waals surface area (Å²) in [7, 11) is 0. The first kappa shape index (κ1) is 40.2. The molecular formula is C38H54N4O7S. The van der Waals surface area contributed by atoms with Crippen LogP contribution in [-0.2, 0) is 36.8 Å². The fourth-order valence-corrected chi connectivity index (χ4v) is 5.85. The van der Waals surface area contributed by atoms with Crippen molar-refractivity contribution < 1.29 is 33.4 Å². The summed E-state index contributed by atoms with van der Waals surface area (Å²) in [6.07, 6.45) is 1.90. The molecule has 0 bridgehead atoms. The van der Waals surface area contributed by atoms with Gasteiger partial charge in [-0.05, 0) is 115 Å². The predicted molar refractivity (Wildman–Crippen MR) is 197 cm³/mol. The number of piperidine rings is 1. The molecule has 1 saturated heterocycles. The highest BCUT2D eigenvalue weighted by Gasteiger charge is 2.30. The Balaban J connectivity index is 1.70. The van der Waals surface area contributed by atoms with Crippen LogP contribution in [-0.4, -0.2) is 76.2 Å². The van der Waals surface area contributed by atoms with Gasteiger partial charge in [-0.1, -0.05) is 36.4 Å². The largest absolute Gasteiger partial charge is 0.489 e. The van der Waals surface area contributed by atoms with Gasteiger partial charge in [-0.25, -0.2) is 4.79 Å². The number of aryl methyl sites for hydroxylation is 2. The summed E-state index contributed by atoms with van der Waals surface area (Å²) in [6, 6.07) is 13.5. The Morgan fingerprint density at radius 3 is 2.24 bits per heavy atom. The zero-order chi connectivity index (χ0) is 37.1. The molecule has 0 aromatic heterocycles. The number of nitrogens with one attached hydrogen (secondary N) is 3. The van der Waals surface area contributed by atoms with Crippen molar-refractivity contribution in [3.63, 3.8) is 0 Å². The number of benzene rings is 2. The van der Waals surface area contributed by atoms with Gasteiger partial charge in [0.05, 0.1) is 6.54 Å². The van der Waals surface area contributed by atoms with Gasteiger partial charge < -0.3 is 35.1 Å². The minimum Gasteiger partial charge on any atom is -0.489 e. The summed E-state index contributed by atoms with van der Waals surface area (Å²) in [5, 5.41) is 8.67. The molecule has 12 heteroatoms. The number of hydrogen-bond acceptors (Lipinski definition) is 8. The lowest BCUT2D eigenvalue weighted by atomic mass is 10.0. The van der Waals surface area contributed by atoms with E-state index in [9.17, 15) is 19.2 Å². The molecule has 50 heavy (non-hydrogen) atoms. The van der Waals surface area contributed by atoms with E-state index in [1.165, 1.54) is 6.92 Å². The van der Waals surface area contributed by atoms with Crippen LogP contribution in [0.3, 0.4) is 0 Å². The van der Waals surface area contributed by atoms with E-state index < -0.39 is 35.1 Å². The Kier molecular flexibility index (Phi) is 14.6. The Morgan fingerprint density at radius 2 is 1.60 bits per heavy atom. The van der Waals surface area contributed by atoms with E-state index >= 15 is 0 Å². The number of likely N-dealkylation sites (tertiary alicyclic amines) is 1. The summed E-state index contributed by atoms with van der Waals surface area (Å²) in [6.45, 7) is 15.6. The lowest BCUT2D eigenvalue weighted by Gasteiger charge is -2.34.